The average molecular weight is 424 g/mol. The maximum Gasteiger partial charge on any atom is 0.340 e. The molecule has 0 aliphatic carbocycles. The zero-order valence-electron chi connectivity index (χ0n) is 17.3. The van der Waals surface area contributed by atoms with Gasteiger partial charge >= 0.3 is 5.63 Å². The number of halogens is 1. The van der Waals surface area contributed by atoms with E-state index in [9.17, 15) is 9.59 Å². The molecule has 1 amide bonds. The van der Waals surface area contributed by atoms with E-state index in [1.807, 2.05) is 45.9 Å². The second kappa shape index (κ2) is 7.65. The number of benzene rings is 2. The van der Waals surface area contributed by atoms with Crippen molar-refractivity contribution in [3.05, 3.63) is 79.4 Å². The first kappa shape index (κ1) is 20.2. The summed E-state index contributed by atoms with van der Waals surface area (Å²) in [6.07, 6.45) is -0.0504. The summed E-state index contributed by atoms with van der Waals surface area (Å²) < 4.78 is 11.5. The molecule has 0 saturated heterocycles. The zero-order chi connectivity index (χ0) is 21.6. The number of hydrogen-bond acceptors (Lipinski definition) is 4. The molecule has 4 aromatic rings. The van der Waals surface area contributed by atoms with Crippen molar-refractivity contribution >= 4 is 39.4 Å². The molecule has 2 aromatic heterocycles. The predicted octanol–water partition coefficient (Wildman–Crippen LogP) is 5.29. The number of carbonyl (C=O) groups excluding carboxylic acids is 1. The van der Waals surface area contributed by atoms with Gasteiger partial charge in [-0.2, -0.15) is 0 Å². The van der Waals surface area contributed by atoms with Gasteiger partial charge < -0.3 is 14.2 Å². The van der Waals surface area contributed by atoms with Gasteiger partial charge in [-0.25, -0.2) is 4.79 Å². The van der Waals surface area contributed by atoms with Crippen LogP contribution < -0.4 is 10.9 Å². The van der Waals surface area contributed by atoms with Gasteiger partial charge in [-0.05, 0) is 62.6 Å². The second-order valence-electron chi connectivity index (χ2n) is 7.61. The number of rotatable bonds is 4. The molecular weight excluding hydrogens is 402 g/mol. The molecule has 0 radical (unpaired) electrons. The molecule has 30 heavy (non-hydrogen) atoms. The Morgan fingerprint density at radius 2 is 1.67 bits per heavy atom. The minimum atomic E-state index is -0.500. The number of carbonyl (C=O) groups is 1. The van der Waals surface area contributed by atoms with Gasteiger partial charge in [0, 0.05) is 27.9 Å². The molecule has 0 fully saturated rings. The summed E-state index contributed by atoms with van der Waals surface area (Å²) in [4.78, 5) is 25.2. The third kappa shape index (κ3) is 3.50. The topological polar surface area (TPSA) is 72.5 Å². The van der Waals surface area contributed by atoms with Crippen molar-refractivity contribution in [1.82, 2.24) is 5.32 Å². The summed E-state index contributed by atoms with van der Waals surface area (Å²) in [6, 6.07) is 9.26. The van der Waals surface area contributed by atoms with Crippen LogP contribution in [0.4, 0.5) is 0 Å². The van der Waals surface area contributed by atoms with Crippen LogP contribution in [0, 0.1) is 27.7 Å². The summed E-state index contributed by atoms with van der Waals surface area (Å²) in [7, 11) is 0. The van der Waals surface area contributed by atoms with Crippen molar-refractivity contribution in [3.63, 3.8) is 0 Å². The molecule has 0 saturated carbocycles. The van der Waals surface area contributed by atoms with Gasteiger partial charge in [0.2, 0.25) is 5.91 Å². The largest absolute Gasteiger partial charge is 0.461 e. The van der Waals surface area contributed by atoms with E-state index in [2.05, 4.69) is 5.32 Å². The van der Waals surface area contributed by atoms with Crippen LogP contribution >= 0.6 is 11.6 Å². The highest BCUT2D eigenvalue weighted by Gasteiger charge is 2.20. The van der Waals surface area contributed by atoms with Crippen LogP contribution in [0.15, 0.2) is 44.0 Å². The zero-order valence-corrected chi connectivity index (χ0v) is 18.1. The van der Waals surface area contributed by atoms with E-state index in [-0.39, 0.29) is 12.3 Å². The normalized spacial score (nSPS) is 11.4. The maximum atomic E-state index is 12.7. The lowest BCUT2D eigenvalue weighted by Gasteiger charge is -2.10. The first-order chi connectivity index (χ1) is 14.3. The van der Waals surface area contributed by atoms with Crippen LogP contribution in [0.3, 0.4) is 0 Å². The molecule has 154 valence electrons. The van der Waals surface area contributed by atoms with Crippen molar-refractivity contribution in [3.8, 4) is 0 Å². The summed E-state index contributed by atoms with van der Waals surface area (Å²) in [5.41, 5.74) is 4.58. The molecular formula is C24H22ClNO4. The third-order valence-electron chi connectivity index (χ3n) is 5.66. The summed E-state index contributed by atoms with van der Waals surface area (Å²) >= 11 is 5.98. The molecule has 0 bridgehead atoms. The molecule has 6 heteroatoms. The fourth-order valence-corrected chi connectivity index (χ4v) is 3.98. The van der Waals surface area contributed by atoms with E-state index in [4.69, 9.17) is 20.4 Å². The van der Waals surface area contributed by atoms with Crippen LogP contribution in [0.2, 0.25) is 5.02 Å². The van der Waals surface area contributed by atoms with Crippen LogP contribution in [-0.4, -0.2) is 5.91 Å². The van der Waals surface area contributed by atoms with Gasteiger partial charge in [0.15, 0.2) is 0 Å². The number of nitrogens with one attached hydrogen (secondary N) is 1. The Balaban J connectivity index is 1.69. The maximum absolute atomic E-state index is 12.7. The lowest BCUT2D eigenvalue weighted by molar-refractivity contribution is -0.120. The highest BCUT2D eigenvalue weighted by molar-refractivity contribution is 6.30. The summed E-state index contributed by atoms with van der Waals surface area (Å²) in [5, 5.41) is 5.26. The van der Waals surface area contributed by atoms with Gasteiger partial charge in [-0.1, -0.05) is 23.7 Å². The monoisotopic (exact) mass is 423 g/mol. The lowest BCUT2D eigenvalue weighted by Crippen LogP contribution is -2.27. The second-order valence-corrected chi connectivity index (χ2v) is 8.05. The number of aryl methyl sites for hydroxylation is 4. The summed E-state index contributed by atoms with van der Waals surface area (Å²) in [6.45, 7) is 7.99. The minimum absolute atomic E-state index is 0.0504. The van der Waals surface area contributed by atoms with Gasteiger partial charge in [-0.15, -0.1) is 0 Å². The van der Waals surface area contributed by atoms with Crippen molar-refractivity contribution < 1.29 is 13.6 Å². The molecule has 0 aliphatic heterocycles. The van der Waals surface area contributed by atoms with Crippen LogP contribution in [0.25, 0.3) is 21.9 Å². The van der Waals surface area contributed by atoms with Crippen molar-refractivity contribution in [2.75, 3.05) is 0 Å². The van der Waals surface area contributed by atoms with Gasteiger partial charge in [0.25, 0.3) is 0 Å². The highest BCUT2D eigenvalue weighted by Crippen LogP contribution is 2.34. The number of fused-ring (bicyclic) bond motifs is 2. The van der Waals surface area contributed by atoms with E-state index >= 15 is 0 Å². The average Bonchev–Trinajstić information content (AvgIpc) is 2.99. The van der Waals surface area contributed by atoms with E-state index in [0.717, 1.165) is 44.4 Å². The Bertz CT molecular complexity index is 1360. The molecule has 0 spiro atoms. The number of furan rings is 1. The quantitative estimate of drug-likeness (QED) is 0.453. The molecule has 0 aliphatic rings. The Kier molecular flexibility index (Phi) is 5.16. The van der Waals surface area contributed by atoms with Crippen molar-refractivity contribution in [1.29, 1.82) is 0 Å². The standard InChI is InChI=1S/C24H22ClNO4/c1-12-15(4)29-22-14(3)23-19(9-18(12)22)13(2)20(24(28)30-23)10-21(27)26-11-16-6-5-7-17(25)8-16/h5-9H,10-11H2,1-4H3,(H,26,27). The smallest absolute Gasteiger partial charge is 0.340 e. The van der Waals surface area contributed by atoms with Crippen LogP contribution in [0.1, 0.15) is 33.6 Å². The number of hydrogen-bond donors (Lipinski definition) is 1. The fraction of sp³-hybridized carbons (Fsp3) is 0.250. The van der Waals surface area contributed by atoms with Gasteiger partial charge in [-0.3, -0.25) is 4.79 Å². The van der Waals surface area contributed by atoms with E-state index < -0.39 is 5.63 Å². The number of amides is 1. The molecule has 2 heterocycles. The molecule has 1 N–H and O–H groups in total. The summed E-state index contributed by atoms with van der Waals surface area (Å²) in [5.74, 6) is 0.585. The van der Waals surface area contributed by atoms with Crippen LogP contribution in [0.5, 0.6) is 0 Å². The Hall–Kier alpha value is -3.05. The van der Waals surface area contributed by atoms with E-state index in [1.54, 1.807) is 12.1 Å². The van der Waals surface area contributed by atoms with Crippen molar-refractivity contribution in [2.45, 2.75) is 40.7 Å². The van der Waals surface area contributed by atoms with E-state index in [0.29, 0.717) is 22.7 Å². The molecule has 0 unspecified atom stereocenters. The Labute approximate surface area is 178 Å². The fourth-order valence-electron chi connectivity index (χ4n) is 3.77. The minimum Gasteiger partial charge on any atom is -0.461 e. The Morgan fingerprint density at radius 1 is 0.967 bits per heavy atom. The molecule has 5 nitrogen and oxygen atoms in total. The predicted molar refractivity (Wildman–Crippen MR) is 118 cm³/mol. The molecule has 0 atom stereocenters. The van der Waals surface area contributed by atoms with Crippen LogP contribution in [-0.2, 0) is 17.8 Å². The lowest BCUT2D eigenvalue weighted by atomic mass is 9.98. The van der Waals surface area contributed by atoms with Gasteiger partial charge in [0.1, 0.15) is 16.9 Å². The Morgan fingerprint density at radius 3 is 2.40 bits per heavy atom. The first-order valence-corrected chi connectivity index (χ1v) is 10.1. The SMILES string of the molecule is Cc1oc2c(C)c3oc(=O)c(CC(=O)NCc4cccc(Cl)c4)c(C)c3cc2c1C. The molecule has 4 rings (SSSR count). The van der Waals surface area contributed by atoms with Gasteiger partial charge in [0.05, 0.1) is 12.0 Å². The van der Waals surface area contributed by atoms with Crippen molar-refractivity contribution in [2.24, 2.45) is 0 Å². The van der Waals surface area contributed by atoms with E-state index in [1.165, 1.54) is 0 Å². The molecule has 2 aromatic carbocycles. The third-order valence-corrected chi connectivity index (χ3v) is 5.90. The highest BCUT2D eigenvalue weighted by atomic mass is 35.5. The first-order valence-electron chi connectivity index (χ1n) is 9.73.